The summed E-state index contributed by atoms with van der Waals surface area (Å²) >= 11 is 12.6. The molecular weight excluding hydrogens is 347 g/mol. The Kier molecular flexibility index (Phi) is 6.96. The summed E-state index contributed by atoms with van der Waals surface area (Å²) in [5.74, 6) is 0. The van der Waals surface area contributed by atoms with Crippen molar-refractivity contribution < 1.29 is 4.79 Å². The van der Waals surface area contributed by atoms with Gasteiger partial charge in [0.1, 0.15) is 0 Å². The number of aliphatic imine (C=N–C) groups is 1. The second kappa shape index (κ2) is 8.73. The van der Waals surface area contributed by atoms with E-state index < -0.39 is 0 Å². The Bertz CT molecular complexity index is 537. The number of carbonyl (C=O) groups excluding carboxylic acids is 1. The molecule has 2 aliphatic rings. The van der Waals surface area contributed by atoms with Gasteiger partial charge in [0.05, 0.1) is 17.1 Å². The fourth-order valence-corrected chi connectivity index (χ4v) is 3.60. The van der Waals surface area contributed by atoms with Crippen molar-refractivity contribution >= 4 is 57.0 Å². The van der Waals surface area contributed by atoms with Crippen molar-refractivity contribution in [3.63, 3.8) is 0 Å². The van der Waals surface area contributed by atoms with Crippen molar-refractivity contribution in [3.8, 4) is 0 Å². The van der Waals surface area contributed by atoms with Gasteiger partial charge in [-0.25, -0.2) is 0 Å². The highest BCUT2D eigenvalue weighted by atomic mass is 35.5. The van der Waals surface area contributed by atoms with Crippen LogP contribution in [0.4, 0.5) is 0 Å². The van der Waals surface area contributed by atoms with Gasteiger partial charge in [-0.2, -0.15) is 0 Å². The van der Waals surface area contributed by atoms with Crippen LogP contribution < -0.4 is 0 Å². The largest absolute Gasteiger partial charge is 0.326 e. The molecule has 1 aromatic rings. The number of rotatable bonds is 2. The molecule has 1 atom stereocenters. The SMILES string of the molecule is ClCCl.O=C(SC1CN=C2SC=CN2C1)c1ccccc1. The first-order chi connectivity index (χ1) is 10.2. The molecule has 112 valence electrons. The molecule has 0 N–H and O–H groups in total. The van der Waals surface area contributed by atoms with Gasteiger partial charge in [0.2, 0.25) is 5.12 Å². The normalized spacial score (nSPS) is 19.4. The van der Waals surface area contributed by atoms with E-state index in [2.05, 4.69) is 9.89 Å². The molecule has 21 heavy (non-hydrogen) atoms. The molecule has 2 aliphatic heterocycles. The van der Waals surface area contributed by atoms with E-state index in [1.165, 1.54) is 11.8 Å². The lowest BCUT2D eigenvalue weighted by Gasteiger charge is -2.26. The predicted octanol–water partition coefficient (Wildman–Crippen LogP) is 4.24. The summed E-state index contributed by atoms with van der Waals surface area (Å²) in [5.41, 5.74) is 0.767. The lowest BCUT2D eigenvalue weighted by Crippen LogP contribution is -2.35. The maximum Gasteiger partial charge on any atom is 0.219 e. The van der Waals surface area contributed by atoms with Gasteiger partial charge in [-0.1, -0.05) is 53.9 Å². The highest BCUT2D eigenvalue weighted by molar-refractivity contribution is 8.16. The van der Waals surface area contributed by atoms with Gasteiger partial charge in [-0.3, -0.25) is 9.79 Å². The van der Waals surface area contributed by atoms with Crippen LogP contribution in [0.2, 0.25) is 0 Å². The molecule has 0 saturated heterocycles. The molecule has 2 heterocycles. The second-order valence-corrected chi connectivity index (χ2v) is 7.13. The number of hydrogen-bond donors (Lipinski definition) is 0. The number of nitrogens with zero attached hydrogens (tertiary/aromatic N) is 2. The standard InChI is InChI=1S/C13H12N2OS2.CH2Cl2/c16-12(10-4-2-1-3-5-10)18-11-8-14-13-15(9-11)6-7-17-13;2-1-3/h1-7,11H,8-9H2;1H2. The summed E-state index contributed by atoms with van der Waals surface area (Å²) < 4.78 is 0. The smallest absolute Gasteiger partial charge is 0.219 e. The fraction of sp³-hybridized carbons (Fsp3) is 0.286. The van der Waals surface area contributed by atoms with Crippen LogP contribution in [0.25, 0.3) is 0 Å². The summed E-state index contributed by atoms with van der Waals surface area (Å²) in [4.78, 5) is 18.7. The summed E-state index contributed by atoms with van der Waals surface area (Å²) in [7, 11) is 0. The van der Waals surface area contributed by atoms with Crippen LogP contribution in [0.3, 0.4) is 0 Å². The van der Waals surface area contributed by atoms with E-state index in [0.29, 0.717) is 0 Å². The third-order valence-electron chi connectivity index (χ3n) is 2.77. The number of alkyl halides is 2. The van der Waals surface area contributed by atoms with Crippen molar-refractivity contribution in [2.75, 3.05) is 18.4 Å². The lowest BCUT2D eigenvalue weighted by atomic mass is 10.2. The maximum absolute atomic E-state index is 12.1. The molecule has 7 heteroatoms. The van der Waals surface area contributed by atoms with E-state index in [9.17, 15) is 4.79 Å². The highest BCUT2D eigenvalue weighted by Gasteiger charge is 2.26. The van der Waals surface area contributed by atoms with Gasteiger partial charge in [-0.05, 0) is 5.41 Å². The third kappa shape index (κ3) is 4.95. The van der Waals surface area contributed by atoms with Crippen LogP contribution in [-0.2, 0) is 0 Å². The zero-order valence-electron chi connectivity index (χ0n) is 11.1. The van der Waals surface area contributed by atoms with Crippen molar-refractivity contribution in [2.24, 2.45) is 4.99 Å². The minimum Gasteiger partial charge on any atom is -0.326 e. The molecule has 1 aromatic carbocycles. The average Bonchev–Trinajstić information content (AvgIpc) is 2.96. The Labute approximate surface area is 142 Å². The van der Waals surface area contributed by atoms with Crippen LogP contribution in [0.1, 0.15) is 10.4 Å². The summed E-state index contributed by atoms with van der Waals surface area (Å²) in [5, 5.41) is 3.66. The summed E-state index contributed by atoms with van der Waals surface area (Å²) in [6.45, 7) is 1.59. The van der Waals surface area contributed by atoms with Crippen molar-refractivity contribution in [1.29, 1.82) is 0 Å². The summed E-state index contributed by atoms with van der Waals surface area (Å²) in [6, 6.07) is 9.43. The fourth-order valence-electron chi connectivity index (χ4n) is 1.89. The molecule has 3 rings (SSSR count). The van der Waals surface area contributed by atoms with Gasteiger partial charge in [0.15, 0.2) is 5.17 Å². The van der Waals surface area contributed by atoms with Gasteiger partial charge in [-0.15, -0.1) is 23.2 Å². The van der Waals surface area contributed by atoms with E-state index >= 15 is 0 Å². The highest BCUT2D eigenvalue weighted by Crippen LogP contribution is 2.28. The maximum atomic E-state index is 12.1. The van der Waals surface area contributed by atoms with Crippen LogP contribution in [-0.4, -0.2) is 38.9 Å². The minimum atomic E-state index is 0.134. The third-order valence-corrected chi connectivity index (χ3v) is 4.69. The molecule has 0 saturated carbocycles. The van der Waals surface area contributed by atoms with E-state index in [4.69, 9.17) is 23.2 Å². The predicted molar refractivity (Wildman–Crippen MR) is 94.5 cm³/mol. The molecule has 0 radical (unpaired) electrons. The van der Waals surface area contributed by atoms with E-state index in [1.54, 1.807) is 11.8 Å². The average molecular weight is 361 g/mol. The summed E-state index contributed by atoms with van der Waals surface area (Å²) in [6.07, 6.45) is 2.03. The topological polar surface area (TPSA) is 32.7 Å². The van der Waals surface area contributed by atoms with Crippen molar-refractivity contribution in [3.05, 3.63) is 47.5 Å². The molecule has 0 aromatic heterocycles. The number of hydrogen-bond acceptors (Lipinski definition) is 5. The van der Waals surface area contributed by atoms with E-state index in [0.717, 1.165) is 23.8 Å². The Balaban J connectivity index is 0.000000497. The number of benzene rings is 1. The first kappa shape index (κ1) is 16.7. The Morgan fingerprint density at radius 3 is 2.81 bits per heavy atom. The van der Waals surface area contributed by atoms with E-state index in [-0.39, 0.29) is 15.7 Å². The Morgan fingerprint density at radius 1 is 1.38 bits per heavy atom. The zero-order valence-corrected chi connectivity index (χ0v) is 14.3. The number of thioether (sulfide) groups is 2. The van der Waals surface area contributed by atoms with Crippen molar-refractivity contribution in [1.82, 2.24) is 4.90 Å². The van der Waals surface area contributed by atoms with Crippen molar-refractivity contribution in [2.45, 2.75) is 5.25 Å². The van der Waals surface area contributed by atoms with Gasteiger partial charge >= 0.3 is 0 Å². The van der Waals surface area contributed by atoms with Gasteiger partial charge in [0.25, 0.3) is 0 Å². The Morgan fingerprint density at radius 2 is 2.10 bits per heavy atom. The van der Waals surface area contributed by atoms with Gasteiger partial charge in [0, 0.05) is 18.3 Å². The van der Waals surface area contributed by atoms with Gasteiger partial charge < -0.3 is 4.90 Å². The molecule has 1 unspecified atom stereocenters. The zero-order chi connectivity index (χ0) is 15.1. The van der Waals surface area contributed by atoms with E-state index in [1.807, 2.05) is 41.9 Å². The second-order valence-electron chi connectivity index (χ2n) is 4.17. The molecule has 0 amide bonds. The first-order valence-electron chi connectivity index (χ1n) is 6.27. The minimum absolute atomic E-state index is 0.134. The number of carbonyl (C=O) groups is 1. The monoisotopic (exact) mass is 360 g/mol. The first-order valence-corrected chi connectivity index (χ1v) is 9.10. The quantitative estimate of drug-likeness (QED) is 0.738. The van der Waals surface area contributed by atoms with Crippen LogP contribution in [0.15, 0.2) is 46.9 Å². The Hall–Kier alpha value is -0.620. The molecule has 0 spiro atoms. The van der Waals surface area contributed by atoms with Crippen LogP contribution in [0.5, 0.6) is 0 Å². The number of halogens is 2. The molecular formula is C14H14Cl2N2OS2. The molecule has 0 aliphatic carbocycles. The van der Waals surface area contributed by atoms with Crippen LogP contribution >= 0.6 is 46.7 Å². The molecule has 0 fully saturated rings. The number of amidine groups is 1. The number of fused-ring (bicyclic) bond motifs is 1. The molecule has 3 nitrogen and oxygen atoms in total. The lowest BCUT2D eigenvalue weighted by molar-refractivity contribution is 0.108. The molecule has 0 bridgehead atoms. The van der Waals surface area contributed by atoms with Crippen LogP contribution in [0, 0.1) is 0 Å².